The molecule has 0 spiro atoms. The van der Waals surface area contributed by atoms with Gasteiger partial charge in [-0.15, -0.1) is 0 Å². The molecule has 1 fully saturated rings. The number of hydrogen-bond acceptors (Lipinski definition) is 5. The maximum atomic E-state index is 12.7. The van der Waals surface area contributed by atoms with Gasteiger partial charge in [0.15, 0.2) is 6.10 Å². The van der Waals surface area contributed by atoms with E-state index in [1.807, 2.05) is 38.1 Å². The molecule has 2 aromatic rings. The van der Waals surface area contributed by atoms with E-state index in [1.165, 1.54) is 16.4 Å². The number of morpholine rings is 1. The molecule has 7 nitrogen and oxygen atoms in total. The number of amides is 1. The molecular formula is C21H26N2O5S. The number of anilines is 1. The fourth-order valence-electron chi connectivity index (χ4n) is 3.04. The summed E-state index contributed by atoms with van der Waals surface area (Å²) in [4.78, 5) is 12.8. The van der Waals surface area contributed by atoms with Gasteiger partial charge in [0.05, 0.1) is 18.1 Å². The number of sulfonamides is 1. The largest absolute Gasteiger partial charge is 0.481 e. The van der Waals surface area contributed by atoms with Crippen LogP contribution < -0.4 is 10.1 Å². The van der Waals surface area contributed by atoms with E-state index < -0.39 is 16.1 Å². The number of benzene rings is 2. The molecule has 1 aliphatic heterocycles. The Morgan fingerprint density at radius 1 is 1.17 bits per heavy atom. The predicted molar refractivity (Wildman–Crippen MR) is 111 cm³/mol. The van der Waals surface area contributed by atoms with E-state index in [4.69, 9.17) is 9.47 Å². The van der Waals surface area contributed by atoms with Crippen LogP contribution in [0.3, 0.4) is 0 Å². The van der Waals surface area contributed by atoms with Gasteiger partial charge in [-0.05, 0) is 55.3 Å². The quantitative estimate of drug-likeness (QED) is 0.747. The van der Waals surface area contributed by atoms with E-state index >= 15 is 0 Å². The number of carbonyl (C=O) groups excluding carboxylic acids is 1. The molecular weight excluding hydrogens is 392 g/mol. The molecule has 1 heterocycles. The predicted octanol–water partition coefficient (Wildman–Crippen LogP) is 2.81. The first kappa shape index (κ1) is 21.3. The van der Waals surface area contributed by atoms with Crippen molar-refractivity contribution in [1.29, 1.82) is 0 Å². The van der Waals surface area contributed by atoms with Crippen LogP contribution in [0.1, 0.15) is 18.9 Å². The standard InChI is InChI=1S/C21H26N2O5S/c1-3-20(28-18-6-4-5-16(2)15-18)21(24)22-17-7-9-19(10-8-17)29(25,26)23-11-13-27-14-12-23/h4-10,15,20H,3,11-14H2,1-2H3,(H,22,24)/t20-/m1/s1. The Labute approximate surface area is 171 Å². The average molecular weight is 419 g/mol. The summed E-state index contributed by atoms with van der Waals surface area (Å²) in [5, 5.41) is 2.79. The minimum absolute atomic E-state index is 0.195. The summed E-state index contributed by atoms with van der Waals surface area (Å²) < 4.78 is 37.8. The summed E-state index contributed by atoms with van der Waals surface area (Å²) in [6.45, 7) is 5.31. The van der Waals surface area contributed by atoms with E-state index in [2.05, 4.69) is 5.32 Å². The Bertz CT molecular complexity index is 938. The normalized spacial score (nSPS) is 16.2. The van der Waals surface area contributed by atoms with E-state index in [0.717, 1.165) is 5.56 Å². The van der Waals surface area contributed by atoms with Crippen LogP contribution in [-0.2, 0) is 19.6 Å². The molecule has 1 aliphatic rings. The fourth-order valence-corrected chi connectivity index (χ4v) is 4.45. The lowest BCUT2D eigenvalue weighted by molar-refractivity contribution is -0.122. The number of aryl methyl sites for hydroxylation is 1. The van der Waals surface area contributed by atoms with Crippen molar-refractivity contribution in [3.05, 3.63) is 54.1 Å². The third-order valence-corrected chi connectivity index (χ3v) is 6.57. The van der Waals surface area contributed by atoms with Crippen LogP contribution in [0, 0.1) is 6.92 Å². The number of ether oxygens (including phenoxy) is 2. The highest BCUT2D eigenvalue weighted by atomic mass is 32.2. The van der Waals surface area contributed by atoms with Crippen LogP contribution in [0.4, 0.5) is 5.69 Å². The molecule has 0 radical (unpaired) electrons. The van der Waals surface area contributed by atoms with Crippen molar-refractivity contribution in [3.63, 3.8) is 0 Å². The number of carbonyl (C=O) groups is 1. The molecule has 0 unspecified atom stereocenters. The molecule has 8 heteroatoms. The topological polar surface area (TPSA) is 84.9 Å². The number of nitrogens with zero attached hydrogens (tertiary/aromatic N) is 1. The van der Waals surface area contributed by atoms with Crippen LogP contribution in [0.5, 0.6) is 5.75 Å². The second-order valence-electron chi connectivity index (χ2n) is 6.86. The van der Waals surface area contributed by atoms with Crippen molar-refractivity contribution in [2.24, 2.45) is 0 Å². The van der Waals surface area contributed by atoms with Crippen LogP contribution in [-0.4, -0.2) is 51.0 Å². The molecule has 0 saturated carbocycles. The molecule has 29 heavy (non-hydrogen) atoms. The average Bonchev–Trinajstić information content (AvgIpc) is 2.73. The SMILES string of the molecule is CC[C@@H](Oc1cccc(C)c1)C(=O)Nc1ccc(S(=O)(=O)N2CCOCC2)cc1. The van der Waals surface area contributed by atoms with Crippen LogP contribution in [0.2, 0.25) is 0 Å². The minimum atomic E-state index is -3.56. The molecule has 156 valence electrons. The second-order valence-corrected chi connectivity index (χ2v) is 8.80. The zero-order chi connectivity index (χ0) is 20.9. The van der Waals surface area contributed by atoms with E-state index in [-0.39, 0.29) is 10.8 Å². The van der Waals surface area contributed by atoms with Crippen molar-refractivity contribution in [2.75, 3.05) is 31.6 Å². The molecule has 1 N–H and O–H groups in total. The van der Waals surface area contributed by atoms with E-state index in [1.54, 1.807) is 12.1 Å². The zero-order valence-electron chi connectivity index (χ0n) is 16.6. The third-order valence-electron chi connectivity index (χ3n) is 4.66. The molecule has 2 aromatic carbocycles. The van der Waals surface area contributed by atoms with Crippen molar-refractivity contribution < 1.29 is 22.7 Å². The Hall–Kier alpha value is -2.42. The first-order chi connectivity index (χ1) is 13.9. The highest BCUT2D eigenvalue weighted by Crippen LogP contribution is 2.20. The molecule has 1 amide bonds. The van der Waals surface area contributed by atoms with Crippen molar-refractivity contribution in [1.82, 2.24) is 4.31 Å². The zero-order valence-corrected chi connectivity index (χ0v) is 17.4. The van der Waals surface area contributed by atoms with E-state index in [9.17, 15) is 13.2 Å². The summed E-state index contributed by atoms with van der Waals surface area (Å²) in [7, 11) is -3.56. The van der Waals surface area contributed by atoms with Gasteiger partial charge in [-0.3, -0.25) is 4.79 Å². The highest BCUT2D eigenvalue weighted by molar-refractivity contribution is 7.89. The molecule has 1 atom stereocenters. The number of nitrogens with one attached hydrogen (secondary N) is 1. The lowest BCUT2D eigenvalue weighted by Gasteiger charge is -2.26. The monoisotopic (exact) mass is 418 g/mol. The molecule has 3 rings (SSSR count). The van der Waals surface area contributed by atoms with Gasteiger partial charge in [-0.25, -0.2) is 8.42 Å². The Morgan fingerprint density at radius 2 is 1.86 bits per heavy atom. The fraction of sp³-hybridized carbons (Fsp3) is 0.381. The van der Waals surface area contributed by atoms with Gasteiger partial charge < -0.3 is 14.8 Å². The van der Waals surface area contributed by atoms with Crippen molar-refractivity contribution in [3.8, 4) is 5.75 Å². The summed E-state index contributed by atoms with van der Waals surface area (Å²) in [6, 6.07) is 13.7. The third kappa shape index (κ3) is 5.35. The van der Waals surface area contributed by atoms with Gasteiger partial charge in [0.25, 0.3) is 5.91 Å². The van der Waals surface area contributed by atoms with Gasteiger partial charge in [0.1, 0.15) is 5.75 Å². The van der Waals surface area contributed by atoms with Gasteiger partial charge >= 0.3 is 0 Å². The summed E-state index contributed by atoms with van der Waals surface area (Å²) in [5.41, 5.74) is 1.57. The highest BCUT2D eigenvalue weighted by Gasteiger charge is 2.26. The van der Waals surface area contributed by atoms with Gasteiger partial charge in [0.2, 0.25) is 10.0 Å². The molecule has 0 bridgehead atoms. The van der Waals surface area contributed by atoms with Crippen molar-refractivity contribution >= 4 is 21.6 Å². The maximum absolute atomic E-state index is 12.7. The number of hydrogen-bond donors (Lipinski definition) is 1. The van der Waals surface area contributed by atoms with E-state index in [0.29, 0.717) is 44.2 Å². The van der Waals surface area contributed by atoms with Gasteiger partial charge in [-0.2, -0.15) is 4.31 Å². The smallest absolute Gasteiger partial charge is 0.265 e. The lowest BCUT2D eigenvalue weighted by Crippen LogP contribution is -2.40. The van der Waals surface area contributed by atoms with Crippen LogP contribution >= 0.6 is 0 Å². The number of rotatable bonds is 7. The van der Waals surface area contributed by atoms with Crippen LogP contribution in [0.25, 0.3) is 0 Å². The lowest BCUT2D eigenvalue weighted by atomic mass is 10.2. The summed E-state index contributed by atoms with van der Waals surface area (Å²) in [5.74, 6) is 0.358. The Balaban J connectivity index is 1.65. The Kier molecular flexibility index (Phi) is 6.89. The Morgan fingerprint density at radius 3 is 2.48 bits per heavy atom. The summed E-state index contributed by atoms with van der Waals surface area (Å²) in [6.07, 6.45) is -0.142. The first-order valence-corrected chi connectivity index (χ1v) is 11.1. The van der Waals surface area contributed by atoms with Crippen LogP contribution in [0.15, 0.2) is 53.4 Å². The molecule has 0 aliphatic carbocycles. The first-order valence-electron chi connectivity index (χ1n) is 9.62. The molecule has 0 aromatic heterocycles. The van der Waals surface area contributed by atoms with Crippen molar-refractivity contribution in [2.45, 2.75) is 31.3 Å². The minimum Gasteiger partial charge on any atom is -0.481 e. The second kappa shape index (κ2) is 9.39. The van der Waals surface area contributed by atoms with Gasteiger partial charge in [0, 0.05) is 18.8 Å². The maximum Gasteiger partial charge on any atom is 0.265 e. The summed E-state index contributed by atoms with van der Waals surface area (Å²) >= 11 is 0. The van der Waals surface area contributed by atoms with Gasteiger partial charge in [-0.1, -0.05) is 19.1 Å². The molecule has 1 saturated heterocycles.